The summed E-state index contributed by atoms with van der Waals surface area (Å²) in [6.45, 7) is 8.25. The van der Waals surface area contributed by atoms with Crippen LogP contribution in [0.1, 0.15) is 33.1 Å². The van der Waals surface area contributed by atoms with Gasteiger partial charge in [-0.3, -0.25) is 0 Å². The minimum Gasteiger partial charge on any atom is -0.354 e. The molecule has 0 unspecified atom stereocenters. The maximum Gasteiger partial charge on any atom is 0.231 e. The molecule has 0 saturated carbocycles. The van der Waals surface area contributed by atoms with Crippen LogP contribution in [0.4, 0.5) is 17.8 Å². The molecule has 0 spiro atoms. The second-order valence-electron chi connectivity index (χ2n) is 4.97. The van der Waals surface area contributed by atoms with Crippen LogP contribution in [0, 0.1) is 11.3 Å². The van der Waals surface area contributed by atoms with Crippen LogP contribution in [0.15, 0.2) is 0 Å². The summed E-state index contributed by atoms with van der Waals surface area (Å²) in [6, 6.07) is 2.17. The van der Waals surface area contributed by atoms with Gasteiger partial charge in [0.1, 0.15) is 0 Å². The average Bonchev–Trinajstić information content (AvgIpc) is 3.02. The van der Waals surface area contributed by atoms with Crippen LogP contribution in [0.2, 0.25) is 0 Å². The fourth-order valence-corrected chi connectivity index (χ4v) is 2.38. The van der Waals surface area contributed by atoms with Crippen LogP contribution in [0.3, 0.4) is 0 Å². The molecular weight excluding hydrogens is 266 g/mol. The Labute approximate surface area is 126 Å². The summed E-state index contributed by atoms with van der Waals surface area (Å²) in [7, 11) is 0. The van der Waals surface area contributed by atoms with Crippen LogP contribution in [-0.2, 0) is 0 Å². The van der Waals surface area contributed by atoms with E-state index < -0.39 is 0 Å². The molecule has 2 rings (SSSR count). The maximum absolute atomic E-state index is 8.77. The van der Waals surface area contributed by atoms with Gasteiger partial charge in [-0.05, 0) is 26.7 Å². The molecule has 0 aromatic carbocycles. The first-order valence-electron chi connectivity index (χ1n) is 7.65. The Balaban J connectivity index is 2.27. The lowest BCUT2D eigenvalue weighted by atomic mass is 10.4. The van der Waals surface area contributed by atoms with Crippen molar-refractivity contribution in [3.63, 3.8) is 0 Å². The lowest BCUT2D eigenvalue weighted by Crippen LogP contribution is -2.28. The third-order valence-electron chi connectivity index (χ3n) is 3.49. The fraction of sp³-hybridized carbons (Fsp3) is 0.714. The van der Waals surface area contributed by atoms with Crippen LogP contribution in [-0.4, -0.2) is 47.7 Å². The summed E-state index contributed by atoms with van der Waals surface area (Å²) in [4.78, 5) is 17.8. The highest BCUT2D eigenvalue weighted by Gasteiger charge is 2.19. The van der Waals surface area contributed by atoms with Crippen molar-refractivity contribution in [2.75, 3.05) is 47.8 Å². The normalized spacial score (nSPS) is 14.0. The first-order valence-corrected chi connectivity index (χ1v) is 7.65. The van der Waals surface area contributed by atoms with Crippen molar-refractivity contribution in [1.29, 1.82) is 5.26 Å². The number of rotatable bonds is 7. The molecule has 2 heterocycles. The predicted octanol–water partition coefficient (Wildman–Crippen LogP) is 1.64. The Hall–Kier alpha value is -2.10. The number of nitrogens with one attached hydrogen (secondary N) is 1. The van der Waals surface area contributed by atoms with Gasteiger partial charge in [0, 0.05) is 32.7 Å². The number of hydrogen-bond donors (Lipinski definition) is 1. The molecule has 7 nitrogen and oxygen atoms in total. The summed E-state index contributed by atoms with van der Waals surface area (Å²) in [5, 5.41) is 11.9. The molecule has 21 heavy (non-hydrogen) atoms. The van der Waals surface area contributed by atoms with Gasteiger partial charge in [0.25, 0.3) is 0 Å². The van der Waals surface area contributed by atoms with E-state index >= 15 is 0 Å². The molecule has 0 aliphatic carbocycles. The number of anilines is 3. The van der Waals surface area contributed by atoms with Gasteiger partial charge in [0.2, 0.25) is 17.8 Å². The van der Waals surface area contributed by atoms with E-state index in [2.05, 4.69) is 31.2 Å². The third-order valence-corrected chi connectivity index (χ3v) is 3.49. The maximum atomic E-state index is 8.77. The van der Waals surface area contributed by atoms with E-state index in [1.54, 1.807) is 0 Å². The number of aromatic nitrogens is 3. The van der Waals surface area contributed by atoms with Crippen LogP contribution >= 0.6 is 0 Å². The molecule has 1 N–H and O–H groups in total. The van der Waals surface area contributed by atoms with Gasteiger partial charge in [-0.15, -0.1) is 0 Å². The molecular formula is C14H23N7. The van der Waals surface area contributed by atoms with E-state index in [1.807, 2.05) is 18.7 Å². The Morgan fingerprint density at radius 2 is 2.00 bits per heavy atom. The van der Waals surface area contributed by atoms with Gasteiger partial charge in [0.05, 0.1) is 12.5 Å². The summed E-state index contributed by atoms with van der Waals surface area (Å²) >= 11 is 0. The first-order chi connectivity index (χ1) is 10.3. The highest BCUT2D eigenvalue weighted by molar-refractivity contribution is 5.45. The minimum absolute atomic E-state index is 0.467. The Bertz CT molecular complexity index is 491. The number of hydrogen-bond acceptors (Lipinski definition) is 7. The SMILES string of the molecule is CCNc1nc(N(CC)CCC#N)nc(N2CCCC2)n1. The fourth-order valence-electron chi connectivity index (χ4n) is 2.38. The quantitative estimate of drug-likeness (QED) is 0.817. The molecule has 0 radical (unpaired) electrons. The molecule has 0 bridgehead atoms. The van der Waals surface area contributed by atoms with Crippen molar-refractivity contribution in [3.05, 3.63) is 0 Å². The van der Waals surface area contributed by atoms with Crippen LogP contribution in [0.25, 0.3) is 0 Å². The zero-order valence-electron chi connectivity index (χ0n) is 12.8. The average molecular weight is 289 g/mol. The van der Waals surface area contributed by atoms with Crippen molar-refractivity contribution >= 4 is 17.8 Å². The molecule has 1 aromatic rings. The second-order valence-corrected chi connectivity index (χ2v) is 4.97. The lowest BCUT2D eigenvalue weighted by Gasteiger charge is -2.22. The van der Waals surface area contributed by atoms with E-state index in [9.17, 15) is 0 Å². The Kier molecular flexibility index (Phi) is 5.55. The Morgan fingerprint density at radius 1 is 1.24 bits per heavy atom. The van der Waals surface area contributed by atoms with Gasteiger partial charge < -0.3 is 15.1 Å². The van der Waals surface area contributed by atoms with Crippen molar-refractivity contribution in [2.45, 2.75) is 33.1 Å². The zero-order valence-corrected chi connectivity index (χ0v) is 12.8. The molecule has 0 atom stereocenters. The molecule has 7 heteroatoms. The third kappa shape index (κ3) is 3.94. The summed E-state index contributed by atoms with van der Waals surface area (Å²) in [5.74, 6) is 2.00. The zero-order chi connectivity index (χ0) is 15.1. The standard InChI is InChI=1S/C14H23N7/c1-3-16-12-17-13(20(4-2)11-7-8-15)19-14(18-12)21-9-5-6-10-21/h3-7,9-11H2,1-2H3,(H,16,17,18,19). The van der Waals surface area contributed by atoms with Gasteiger partial charge in [-0.2, -0.15) is 20.2 Å². The summed E-state index contributed by atoms with van der Waals surface area (Å²) in [6.07, 6.45) is 2.84. The highest BCUT2D eigenvalue weighted by Crippen LogP contribution is 2.20. The number of nitriles is 1. The van der Waals surface area contributed by atoms with Crippen LogP contribution < -0.4 is 15.1 Å². The predicted molar refractivity (Wildman–Crippen MR) is 83.6 cm³/mol. The molecule has 1 fully saturated rings. The van der Waals surface area contributed by atoms with Gasteiger partial charge in [-0.1, -0.05) is 0 Å². The highest BCUT2D eigenvalue weighted by atomic mass is 15.4. The molecule has 1 aliphatic heterocycles. The molecule has 1 saturated heterocycles. The first kappa shape index (κ1) is 15.3. The molecule has 0 amide bonds. The summed E-state index contributed by atoms with van der Waals surface area (Å²) < 4.78 is 0. The monoisotopic (exact) mass is 289 g/mol. The lowest BCUT2D eigenvalue weighted by molar-refractivity contribution is 0.774. The van der Waals surface area contributed by atoms with Crippen LogP contribution in [0.5, 0.6) is 0 Å². The van der Waals surface area contributed by atoms with E-state index in [0.717, 1.165) is 32.1 Å². The van der Waals surface area contributed by atoms with Crippen molar-refractivity contribution in [2.24, 2.45) is 0 Å². The molecule has 114 valence electrons. The molecule has 1 aromatic heterocycles. The van der Waals surface area contributed by atoms with Gasteiger partial charge >= 0.3 is 0 Å². The number of nitrogens with zero attached hydrogens (tertiary/aromatic N) is 6. The minimum atomic E-state index is 0.467. The van der Waals surface area contributed by atoms with Gasteiger partial charge in [0.15, 0.2) is 0 Å². The summed E-state index contributed by atoms with van der Waals surface area (Å²) in [5.41, 5.74) is 0. The van der Waals surface area contributed by atoms with E-state index in [1.165, 1.54) is 12.8 Å². The van der Waals surface area contributed by atoms with E-state index in [4.69, 9.17) is 5.26 Å². The van der Waals surface area contributed by atoms with Crippen molar-refractivity contribution in [1.82, 2.24) is 15.0 Å². The smallest absolute Gasteiger partial charge is 0.231 e. The van der Waals surface area contributed by atoms with Crippen molar-refractivity contribution in [3.8, 4) is 6.07 Å². The second kappa shape index (κ2) is 7.62. The van der Waals surface area contributed by atoms with E-state index in [0.29, 0.717) is 24.9 Å². The van der Waals surface area contributed by atoms with Crippen molar-refractivity contribution < 1.29 is 0 Å². The Morgan fingerprint density at radius 3 is 2.62 bits per heavy atom. The van der Waals surface area contributed by atoms with E-state index in [-0.39, 0.29) is 0 Å². The largest absolute Gasteiger partial charge is 0.354 e. The molecule has 1 aliphatic rings. The van der Waals surface area contributed by atoms with Gasteiger partial charge in [-0.25, -0.2) is 0 Å². The topological polar surface area (TPSA) is 81.0 Å².